The zero-order valence-electron chi connectivity index (χ0n) is 12.0. The Bertz CT molecular complexity index is 304. The van der Waals surface area contributed by atoms with Crippen LogP contribution in [0.25, 0.3) is 0 Å². The predicted molar refractivity (Wildman–Crippen MR) is 74.3 cm³/mol. The molecule has 1 saturated carbocycles. The topological polar surface area (TPSA) is 39.1 Å². The second kappa shape index (κ2) is 5.59. The van der Waals surface area contributed by atoms with E-state index in [1.165, 1.54) is 51.6 Å². The molecule has 0 amide bonds. The van der Waals surface area contributed by atoms with E-state index in [9.17, 15) is 0 Å². The number of nitriles is 1. The minimum absolute atomic E-state index is 0.359. The average Bonchev–Trinajstić information content (AvgIpc) is 2.86. The SMILES string of the molecule is CNC(C)(C#N)CCN1CCC2(CCCC2)CC1. The summed E-state index contributed by atoms with van der Waals surface area (Å²) in [5, 5.41) is 12.3. The first-order valence-corrected chi connectivity index (χ1v) is 7.44. The molecular weight excluding hydrogens is 222 g/mol. The van der Waals surface area contributed by atoms with Crippen molar-refractivity contribution in [2.24, 2.45) is 5.41 Å². The Kier molecular flexibility index (Phi) is 4.29. The zero-order chi connectivity index (χ0) is 13.1. The van der Waals surface area contributed by atoms with Crippen molar-refractivity contribution >= 4 is 0 Å². The van der Waals surface area contributed by atoms with Crippen molar-refractivity contribution in [1.29, 1.82) is 5.26 Å². The normalized spacial score (nSPS) is 26.9. The molecule has 0 aromatic rings. The Morgan fingerprint density at radius 1 is 1.22 bits per heavy atom. The summed E-state index contributed by atoms with van der Waals surface area (Å²) in [6, 6.07) is 2.38. The number of nitrogens with one attached hydrogen (secondary N) is 1. The van der Waals surface area contributed by atoms with E-state index in [0.717, 1.165) is 13.0 Å². The van der Waals surface area contributed by atoms with E-state index in [1.54, 1.807) is 0 Å². The van der Waals surface area contributed by atoms with Crippen LogP contribution in [0.5, 0.6) is 0 Å². The summed E-state index contributed by atoms with van der Waals surface area (Å²) in [5.41, 5.74) is 0.348. The highest BCUT2D eigenvalue weighted by Gasteiger charge is 2.37. The Morgan fingerprint density at radius 3 is 2.33 bits per heavy atom. The third-order valence-electron chi connectivity index (χ3n) is 5.31. The molecule has 0 bridgehead atoms. The minimum Gasteiger partial charge on any atom is -0.303 e. The van der Waals surface area contributed by atoms with E-state index in [4.69, 9.17) is 5.26 Å². The van der Waals surface area contributed by atoms with Gasteiger partial charge in [-0.2, -0.15) is 5.26 Å². The maximum atomic E-state index is 9.15. The molecule has 1 atom stereocenters. The van der Waals surface area contributed by atoms with Gasteiger partial charge < -0.3 is 10.2 Å². The number of hydrogen-bond donors (Lipinski definition) is 1. The van der Waals surface area contributed by atoms with Gasteiger partial charge in [-0.1, -0.05) is 12.8 Å². The quantitative estimate of drug-likeness (QED) is 0.832. The highest BCUT2D eigenvalue weighted by Crippen LogP contribution is 2.46. The Morgan fingerprint density at radius 2 is 1.83 bits per heavy atom. The van der Waals surface area contributed by atoms with Crippen LogP contribution in [-0.2, 0) is 0 Å². The summed E-state index contributed by atoms with van der Waals surface area (Å²) in [6.45, 7) is 5.53. The minimum atomic E-state index is -0.359. The van der Waals surface area contributed by atoms with Gasteiger partial charge in [-0.25, -0.2) is 0 Å². The van der Waals surface area contributed by atoms with Gasteiger partial charge in [0.1, 0.15) is 5.54 Å². The molecule has 0 aromatic carbocycles. The van der Waals surface area contributed by atoms with Crippen LogP contribution in [0.3, 0.4) is 0 Å². The molecule has 1 aliphatic carbocycles. The fourth-order valence-corrected chi connectivity index (χ4v) is 3.49. The largest absolute Gasteiger partial charge is 0.303 e. The zero-order valence-corrected chi connectivity index (χ0v) is 12.0. The second-order valence-corrected chi connectivity index (χ2v) is 6.49. The van der Waals surface area contributed by atoms with E-state index in [2.05, 4.69) is 16.3 Å². The first kappa shape index (κ1) is 13.8. The molecule has 1 N–H and O–H groups in total. The van der Waals surface area contributed by atoms with E-state index in [0.29, 0.717) is 5.41 Å². The van der Waals surface area contributed by atoms with Crippen LogP contribution < -0.4 is 5.32 Å². The number of rotatable bonds is 4. The van der Waals surface area contributed by atoms with E-state index in [-0.39, 0.29) is 5.54 Å². The van der Waals surface area contributed by atoms with Gasteiger partial charge in [-0.05, 0) is 64.6 Å². The lowest BCUT2D eigenvalue weighted by molar-refractivity contribution is 0.103. The molecule has 1 saturated heterocycles. The smallest absolute Gasteiger partial charge is 0.104 e. The number of likely N-dealkylation sites (tertiary alicyclic amines) is 1. The molecule has 2 rings (SSSR count). The van der Waals surface area contributed by atoms with Crippen molar-refractivity contribution in [2.75, 3.05) is 26.7 Å². The summed E-state index contributed by atoms with van der Waals surface area (Å²) >= 11 is 0. The highest BCUT2D eigenvalue weighted by molar-refractivity contribution is 5.03. The monoisotopic (exact) mass is 249 g/mol. The van der Waals surface area contributed by atoms with Crippen molar-refractivity contribution in [2.45, 2.75) is 57.4 Å². The molecular formula is C15H27N3. The fraction of sp³-hybridized carbons (Fsp3) is 0.933. The number of hydrogen-bond acceptors (Lipinski definition) is 3. The molecule has 3 heteroatoms. The lowest BCUT2D eigenvalue weighted by Gasteiger charge is -2.40. The lowest BCUT2D eigenvalue weighted by atomic mass is 9.77. The first-order chi connectivity index (χ1) is 8.61. The predicted octanol–water partition coefficient (Wildman–Crippen LogP) is 2.53. The van der Waals surface area contributed by atoms with Crippen molar-refractivity contribution in [3.63, 3.8) is 0 Å². The standard InChI is InChI=1S/C15H27N3/c1-14(13-16,17-2)7-10-18-11-8-15(9-12-18)5-3-4-6-15/h17H,3-12H2,1-2H3. The fourth-order valence-electron chi connectivity index (χ4n) is 3.49. The third kappa shape index (κ3) is 3.05. The van der Waals surface area contributed by atoms with E-state index < -0.39 is 0 Å². The maximum absolute atomic E-state index is 9.15. The molecule has 1 heterocycles. The van der Waals surface area contributed by atoms with Crippen LogP contribution in [0.4, 0.5) is 0 Å². The Hall–Kier alpha value is -0.590. The summed E-state index contributed by atoms with van der Waals surface area (Å²) in [7, 11) is 1.88. The van der Waals surface area contributed by atoms with E-state index in [1.807, 2.05) is 14.0 Å². The summed E-state index contributed by atoms with van der Waals surface area (Å²) in [4.78, 5) is 2.55. The summed E-state index contributed by atoms with van der Waals surface area (Å²) in [6.07, 6.45) is 9.53. The van der Waals surface area contributed by atoms with Crippen LogP contribution in [0.2, 0.25) is 0 Å². The second-order valence-electron chi connectivity index (χ2n) is 6.49. The van der Waals surface area contributed by atoms with Crippen LogP contribution in [0.1, 0.15) is 51.9 Å². The number of nitrogens with zero attached hydrogens (tertiary/aromatic N) is 2. The van der Waals surface area contributed by atoms with Crippen LogP contribution in [-0.4, -0.2) is 37.1 Å². The first-order valence-electron chi connectivity index (χ1n) is 7.44. The van der Waals surface area contributed by atoms with Gasteiger partial charge in [0.2, 0.25) is 0 Å². The van der Waals surface area contributed by atoms with Crippen LogP contribution in [0.15, 0.2) is 0 Å². The molecule has 1 aliphatic heterocycles. The lowest BCUT2D eigenvalue weighted by Crippen LogP contribution is -2.44. The number of piperidine rings is 1. The van der Waals surface area contributed by atoms with Gasteiger partial charge in [-0.3, -0.25) is 0 Å². The van der Waals surface area contributed by atoms with Crippen LogP contribution in [0, 0.1) is 16.7 Å². The molecule has 2 aliphatic rings. The van der Waals surface area contributed by atoms with Gasteiger partial charge in [0.05, 0.1) is 6.07 Å². The van der Waals surface area contributed by atoms with Gasteiger partial charge in [0, 0.05) is 6.54 Å². The maximum Gasteiger partial charge on any atom is 0.104 e. The van der Waals surface area contributed by atoms with Gasteiger partial charge in [0.15, 0.2) is 0 Å². The molecule has 18 heavy (non-hydrogen) atoms. The average molecular weight is 249 g/mol. The molecule has 3 nitrogen and oxygen atoms in total. The Labute approximate surface area is 112 Å². The molecule has 102 valence electrons. The molecule has 1 spiro atoms. The Balaban J connectivity index is 1.75. The van der Waals surface area contributed by atoms with Crippen molar-refractivity contribution in [3.8, 4) is 6.07 Å². The van der Waals surface area contributed by atoms with Crippen molar-refractivity contribution < 1.29 is 0 Å². The van der Waals surface area contributed by atoms with Crippen LogP contribution >= 0.6 is 0 Å². The van der Waals surface area contributed by atoms with Gasteiger partial charge in [0.25, 0.3) is 0 Å². The van der Waals surface area contributed by atoms with Gasteiger partial charge in [-0.15, -0.1) is 0 Å². The summed E-state index contributed by atoms with van der Waals surface area (Å²) < 4.78 is 0. The van der Waals surface area contributed by atoms with E-state index >= 15 is 0 Å². The highest BCUT2D eigenvalue weighted by atomic mass is 15.1. The third-order valence-corrected chi connectivity index (χ3v) is 5.31. The molecule has 0 aromatic heterocycles. The molecule has 2 fully saturated rings. The van der Waals surface area contributed by atoms with Gasteiger partial charge >= 0.3 is 0 Å². The van der Waals surface area contributed by atoms with Crippen molar-refractivity contribution in [1.82, 2.24) is 10.2 Å². The molecule has 0 radical (unpaired) electrons. The molecule has 1 unspecified atom stereocenters. The van der Waals surface area contributed by atoms with Crippen molar-refractivity contribution in [3.05, 3.63) is 0 Å². The summed E-state index contributed by atoms with van der Waals surface area (Å²) in [5.74, 6) is 0.